The van der Waals surface area contributed by atoms with Crippen molar-refractivity contribution in [3.8, 4) is 0 Å². The lowest BCUT2D eigenvalue weighted by atomic mass is 9.90. The Morgan fingerprint density at radius 1 is 1.38 bits per heavy atom. The number of nitrogens with one attached hydrogen (secondary N) is 1. The molecule has 1 aliphatic rings. The normalized spacial score (nSPS) is 26.5. The van der Waals surface area contributed by atoms with Crippen LogP contribution in [0.15, 0.2) is 24.3 Å². The van der Waals surface area contributed by atoms with E-state index in [1.807, 2.05) is 36.3 Å². The van der Waals surface area contributed by atoms with Gasteiger partial charge in [-0.05, 0) is 23.6 Å². The average Bonchev–Trinajstić information content (AvgIpc) is 2.19. The fraction of sp³-hybridized carbons (Fsp3) is 0.417. The second kappa shape index (κ2) is 4.14. The highest BCUT2D eigenvalue weighted by molar-refractivity contribution is 5.76. The van der Waals surface area contributed by atoms with Crippen molar-refractivity contribution in [2.24, 2.45) is 5.92 Å². The number of amides is 1. The Hall–Kier alpha value is -1.55. The quantitative estimate of drug-likeness (QED) is 0.700. The molecular formula is C12H17N3O. The molecule has 4 nitrogen and oxygen atoms in total. The number of nitrogens with two attached hydrogens (primary N) is 1. The standard InChI is InChI=1S/C12H17N3O/c1-8-7-11(16)14-15(2)12(8)9-3-5-10(13)6-4-9/h3-6,8,12H,7,13H2,1-2H3,(H,14,16)/t8-,12?/m1/s1. The molecule has 1 heterocycles. The van der Waals surface area contributed by atoms with Crippen LogP contribution in [0.2, 0.25) is 0 Å². The van der Waals surface area contributed by atoms with Gasteiger partial charge in [0.15, 0.2) is 0 Å². The van der Waals surface area contributed by atoms with Gasteiger partial charge >= 0.3 is 0 Å². The maximum absolute atomic E-state index is 11.3. The summed E-state index contributed by atoms with van der Waals surface area (Å²) in [4.78, 5) is 11.3. The van der Waals surface area contributed by atoms with Crippen LogP contribution in [0, 0.1) is 5.92 Å². The maximum Gasteiger partial charge on any atom is 0.234 e. The van der Waals surface area contributed by atoms with Crippen LogP contribution in [0.3, 0.4) is 0 Å². The lowest BCUT2D eigenvalue weighted by Crippen LogP contribution is -2.49. The number of nitrogens with zero attached hydrogens (tertiary/aromatic N) is 1. The van der Waals surface area contributed by atoms with Crippen molar-refractivity contribution in [3.63, 3.8) is 0 Å². The Morgan fingerprint density at radius 2 is 2.00 bits per heavy atom. The van der Waals surface area contributed by atoms with Gasteiger partial charge in [0.1, 0.15) is 0 Å². The number of nitrogen functional groups attached to an aromatic ring is 1. The zero-order valence-corrected chi connectivity index (χ0v) is 9.60. The molecule has 0 aliphatic carbocycles. The molecule has 1 aliphatic heterocycles. The van der Waals surface area contributed by atoms with Gasteiger partial charge < -0.3 is 5.73 Å². The first kappa shape index (κ1) is 11.0. The summed E-state index contributed by atoms with van der Waals surface area (Å²) in [6, 6.07) is 8.05. The Balaban J connectivity index is 2.25. The summed E-state index contributed by atoms with van der Waals surface area (Å²) in [6.45, 7) is 2.09. The van der Waals surface area contributed by atoms with Gasteiger partial charge in [-0.2, -0.15) is 0 Å². The van der Waals surface area contributed by atoms with Crippen molar-refractivity contribution in [1.82, 2.24) is 10.4 Å². The summed E-state index contributed by atoms with van der Waals surface area (Å²) in [6.07, 6.45) is 0.569. The van der Waals surface area contributed by atoms with Crippen molar-refractivity contribution in [2.75, 3.05) is 12.8 Å². The second-order valence-corrected chi connectivity index (χ2v) is 4.44. The van der Waals surface area contributed by atoms with E-state index in [0.717, 1.165) is 5.69 Å². The van der Waals surface area contributed by atoms with Crippen LogP contribution in [0.4, 0.5) is 5.69 Å². The smallest absolute Gasteiger partial charge is 0.234 e. The lowest BCUT2D eigenvalue weighted by molar-refractivity contribution is -0.132. The molecule has 0 radical (unpaired) electrons. The Labute approximate surface area is 95.4 Å². The minimum absolute atomic E-state index is 0.0849. The summed E-state index contributed by atoms with van der Waals surface area (Å²) < 4.78 is 0. The number of hydrogen-bond donors (Lipinski definition) is 2. The highest BCUT2D eigenvalue weighted by Crippen LogP contribution is 2.31. The zero-order valence-electron chi connectivity index (χ0n) is 9.60. The van der Waals surface area contributed by atoms with Gasteiger partial charge in [-0.25, -0.2) is 5.01 Å². The number of anilines is 1. The second-order valence-electron chi connectivity index (χ2n) is 4.44. The Bertz CT molecular complexity index is 374. The summed E-state index contributed by atoms with van der Waals surface area (Å²) in [5.41, 5.74) is 10.4. The summed E-state index contributed by atoms with van der Waals surface area (Å²) in [5.74, 6) is 0.393. The van der Waals surface area contributed by atoms with Gasteiger partial charge in [0, 0.05) is 19.2 Å². The number of rotatable bonds is 1. The van der Waals surface area contributed by atoms with Gasteiger partial charge in [-0.1, -0.05) is 19.1 Å². The molecule has 1 saturated heterocycles. The average molecular weight is 219 g/mol. The predicted molar refractivity (Wildman–Crippen MR) is 63.3 cm³/mol. The Kier molecular flexibility index (Phi) is 2.83. The molecule has 2 atom stereocenters. The number of hydrogen-bond acceptors (Lipinski definition) is 3. The molecule has 1 amide bonds. The molecule has 4 heteroatoms. The van der Waals surface area contributed by atoms with Gasteiger partial charge in [0.05, 0.1) is 6.04 Å². The number of hydrazine groups is 1. The molecular weight excluding hydrogens is 202 g/mol. The van der Waals surface area contributed by atoms with E-state index in [-0.39, 0.29) is 11.9 Å². The SMILES string of the molecule is C[C@@H]1CC(=O)NN(C)C1c1ccc(N)cc1. The third kappa shape index (κ3) is 2.02. The van der Waals surface area contributed by atoms with Crippen molar-refractivity contribution >= 4 is 11.6 Å². The van der Waals surface area contributed by atoms with E-state index in [4.69, 9.17) is 5.73 Å². The third-order valence-corrected chi connectivity index (χ3v) is 3.04. The van der Waals surface area contributed by atoms with E-state index in [1.54, 1.807) is 0 Å². The fourth-order valence-corrected chi connectivity index (χ4v) is 2.34. The Morgan fingerprint density at radius 3 is 2.56 bits per heavy atom. The van der Waals surface area contributed by atoms with Crippen LogP contribution in [0.5, 0.6) is 0 Å². The first-order valence-corrected chi connectivity index (χ1v) is 5.45. The topological polar surface area (TPSA) is 58.4 Å². The van der Waals surface area contributed by atoms with Crippen molar-refractivity contribution < 1.29 is 4.79 Å². The molecule has 2 rings (SSSR count). The van der Waals surface area contributed by atoms with Crippen molar-refractivity contribution in [3.05, 3.63) is 29.8 Å². The van der Waals surface area contributed by atoms with Crippen LogP contribution < -0.4 is 11.2 Å². The number of benzene rings is 1. The van der Waals surface area contributed by atoms with Crippen LogP contribution in [-0.4, -0.2) is 18.0 Å². The van der Waals surface area contributed by atoms with Gasteiger partial charge in [0.2, 0.25) is 5.91 Å². The van der Waals surface area contributed by atoms with Gasteiger partial charge in [-0.15, -0.1) is 0 Å². The zero-order chi connectivity index (χ0) is 11.7. The first-order valence-electron chi connectivity index (χ1n) is 5.45. The van der Waals surface area contributed by atoms with Crippen LogP contribution in [0.1, 0.15) is 24.9 Å². The van der Waals surface area contributed by atoms with E-state index in [1.165, 1.54) is 5.56 Å². The molecule has 16 heavy (non-hydrogen) atoms. The number of carbonyl (C=O) groups excluding carboxylic acids is 1. The van der Waals surface area contributed by atoms with E-state index >= 15 is 0 Å². The minimum Gasteiger partial charge on any atom is -0.399 e. The lowest BCUT2D eigenvalue weighted by Gasteiger charge is -2.37. The largest absolute Gasteiger partial charge is 0.399 e. The third-order valence-electron chi connectivity index (χ3n) is 3.04. The van der Waals surface area contributed by atoms with E-state index < -0.39 is 0 Å². The molecule has 1 aromatic carbocycles. The molecule has 0 spiro atoms. The van der Waals surface area contributed by atoms with E-state index in [9.17, 15) is 4.79 Å². The molecule has 0 bridgehead atoms. The van der Waals surface area contributed by atoms with E-state index in [0.29, 0.717) is 12.3 Å². The maximum atomic E-state index is 11.3. The van der Waals surface area contributed by atoms with E-state index in [2.05, 4.69) is 12.3 Å². The molecule has 1 aromatic rings. The predicted octanol–water partition coefficient (Wildman–Crippen LogP) is 1.31. The highest BCUT2D eigenvalue weighted by atomic mass is 16.2. The van der Waals surface area contributed by atoms with Crippen LogP contribution >= 0.6 is 0 Å². The van der Waals surface area contributed by atoms with Crippen molar-refractivity contribution in [2.45, 2.75) is 19.4 Å². The fourth-order valence-electron chi connectivity index (χ4n) is 2.34. The summed E-state index contributed by atoms with van der Waals surface area (Å²) in [5, 5.41) is 1.88. The highest BCUT2D eigenvalue weighted by Gasteiger charge is 2.31. The molecule has 3 N–H and O–H groups in total. The van der Waals surface area contributed by atoms with Crippen LogP contribution in [0.25, 0.3) is 0 Å². The minimum atomic E-state index is 0.0849. The molecule has 1 fully saturated rings. The number of carbonyl (C=O) groups is 1. The molecule has 0 aromatic heterocycles. The molecule has 0 saturated carbocycles. The molecule has 1 unspecified atom stereocenters. The van der Waals surface area contributed by atoms with Crippen LogP contribution in [-0.2, 0) is 4.79 Å². The molecule has 86 valence electrons. The van der Waals surface area contributed by atoms with Crippen molar-refractivity contribution in [1.29, 1.82) is 0 Å². The summed E-state index contributed by atoms with van der Waals surface area (Å²) in [7, 11) is 1.90. The van der Waals surface area contributed by atoms with Gasteiger partial charge in [0.25, 0.3) is 0 Å². The first-order chi connectivity index (χ1) is 7.58. The van der Waals surface area contributed by atoms with Gasteiger partial charge in [-0.3, -0.25) is 10.2 Å². The monoisotopic (exact) mass is 219 g/mol. The summed E-state index contributed by atoms with van der Waals surface area (Å²) >= 11 is 0.